The van der Waals surface area contributed by atoms with Gasteiger partial charge < -0.3 is 28.4 Å². The van der Waals surface area contributed by atoms with Gasteiger partial charge in [0.1, 0.15) is 23.0 Å². The molecule has 44 heavy (non-hydrogen) atoms. The highest BCUT2D eigenvalue weighted by Crippen LogP contribution is 2.35. The lowest BCUT2D eigenvalue weighted by Crippen LogP contribution is -2.02. The van der Waals surface area contributed by atoms with E-state index in [0.717, 1.165) is 62.9 Å². The summed E-state index contributed by atoms with van der Waals surface area (Å²) in [6.07, 6.45) is 9.80. The highest BCUT2D eigenvalue weighted by atomic mass is 16.5. The molecule has 8 heteroatoms. The van der Waals surface area contributed by atoms with E-state index in [1.807, 2.05) is 72.8 Å². The third kappa shape index (κ3) is 13.5. The van der Waals surface area contributed by atoms with Gasteiger partial charge in [-0.05, 0) is 112 Å². The standard InChI is InChI=1S/C36H42O8/c1-3-35(37)41-27-13-7-5-11-25-39-29-17-21-31(22-18-29)43-33-15-9-10-16-34(33)44-32-23-19-30(20-24-32)40-26-12-6-8-14-28-42-36(38)4-2/h3-4,9-10,15-24H,1-2,5-8,11-14,25-28H2. The third-order valence-corrected chi connectivity index (χ3v) is 6.39. The predicted molar refractivity (Wildman–Crippen MR) is 170 cm³/mol. The van der Waals surface area contributed by atoms with E-state index in [1.165, 1.54) is 12.2 Å². The molecule has 0 fully saturated rings. The van der Waals surface area contributed by atoms with E-state index in [9.17, 15) is 9.59 Å². The fourth-order valence-corrected chi connectivity index (χ4v) is 4.04. The topological polar surface area (TPSA) is 89.5 Å². The minimum atomic E-state index is -0.378. The molecular weight excluding hydrogens is 560 g/mol. The number of benzene rings is 3. The normalized spacial score (nSPS) is 10.4. The molecule has 234 valence electrons. The molecular formula is C36H42O8. The third-order valence-electron chi connectivity index (χ3n) is 6.39. The van der Waals surface area contributed by atoms with Gasteiger partial charge in [0.05, 0.1) is 26.4 Å². The molecule has 0 aliphatic heterocycles. The lowest BCUT2D eigenvalue weighted by molar-refractivity contribution is -0.138. The summed E-state index contributed by atoms with van der Waals surface area (Å²) < 4.78 is 33.8. The summed E-state index contributed by atoms with van der Waals surface area (Å²) in [4.78, 5) is 22.0. The second-order valence-corrected chi connectivity index (χ2v) is 9.86. The largest absolute Gasteiger partial charge is 0.494 e. The van der Waals surface area contributed by atoms with Crippen LogP contribution in [0.5, 0.6) is 34.5 Å². The second-order valence-electron chi connectivity index (χ2n) is 9.86. The Morgan fingerprint density at radius 2 is 0.818 bits per heavy atom. The van der Waals surface area contributed by atoms with Gasteiger partial charge in [0.2, 0.25) is 0 Å². The van der Waals surface area contributed by atoms with Crippen molar-refractivity contribution in [2.75, 3.05) is 26.4 Å². The zero-order valence-corrected chi connectivity index (χ0v) is 25.2. The van der Waals surface area contributed by atoms with Crippen LogP contribution in [0, 0.1) is 0 Å². The highest BCUT2D eigenvalue weighted by Gasteiger charge is 2.08. The number of esters is 2. The van der Waals surface area contributed by atoms with Crippen LogP contribution < -0.4 is 18.9 Å². The molecule has 0 spiro atoms. The van der Waals surface area contributed by atoms with Gasteiger partial charge in [0, 0.05) is 12.2 Å². The van der Waals surface area contributed by atoms with Crippen LogP contribution >= 0.6 is 0 Å². The van der Waals surface area contributed by atoms with Crippen molar-refractivity contribution < 1.29 is 38.0 Å². The van der Waals surface area contributed by atoms with E-state index >= 15 is 0 Å². The first kappa shape index (κ1) is 33.8. The van der Waals surface area contributed by atoms with E-state index in [4.69, 9.17) is 28.4 Å². The van der Waals surface area contributed by atoms with Crippen molar-refractivity contribution in [3.05, 3.63) is 98.1 Å². The number of hydrogen-bond acceptors (Lipinski definition) is 8. The first-order valence-electron chi connectivity index (χ1n) is 15.1. The van der Waals surface area contributed by atoms with Crippen LogP contribution in [0.3, 0.4) is 0 Å². The SMILES string of the molecule is C=CC(=O)OCCCCCCOc1ccc(Oc2ccccc2Oc2ccc(OCCCCCCOC(=O)C=C)cc2)cc1. The maximum absolute atomic E-state index is 11.0. The summed E-state index contributed by atoms with van der Waals surface area (Å²) >= 11 is 0. The summed E-state index contributed by atoms with van der Waals surface area (Å²) in [5, 5.41) is 0. The molecule has 3 aromatic rings. The maximum Gasteiger partial charge on any atom is 0.330 e. The fraction of sp³-hybridized carbons (Fsp3) is 0.333. The van der Waals surface area contributed by atoms with E-state index in [2.05, 4.69) is 13.2 Å². The predicted octanol–water partition coefficient (Wildman–Crippen LogP) is 8.61. The highest BCUT2D eigenvalue weighted by molar-refractivity contribution is 5.81. The van der Waals surface area contributed by atoms with E-state index < -0.39 is 0 Å². The molecule has 0 saturated carbocycles. The minimum Gasteiger partial charge on any atom is -0.494 e. The van der Waals surface area contributed by atoms with Gasteiger partial charge in [0.15, 0.2) is 11.5 Å². The zero-order chi connectivity index (χ0) is 31.2. The van der Waals surface area contributed by atoms with Crippen molar-refractivity contribution in [2.24, 2.45) is 0 Å². The Bertz CT molecular complexity index is 1180. The first-order chi connectivity index (χ1) is 21.6. The minimum absolute atomic E-state index is 0.378. The van der Waals surface area contributed by atoms with Crippen LogP contribution in [0.4, 0.5) is 0 Å². The summed E-state index contributed by atoms with van der Waals surface area (Å²) in [5.74, 6) is 3.32. The lowest BCUT2D eigenvalue weighted by atomic mass is 10.2. The van der Waals surface area contributed by atoms with Crippen LogP contribution in [0.2, 0.25) is 0 Å². The second kappa shape index (κ2) is 20.2. The Balaban J connectivity index is 1.35. The van der Waals surface area contributed by atoms with Crippen molar-refractivity contribution in [3.63, 3.8) is 0 Å². The average Bonchev–Trinajstić information content (AvgIpc) is 3.05. The van der Waals surface area contributed by atoms with Gasteiger partial charge in [-0.25, -0.2) is 9.59 Å². The maximum atomic E-state index is 11.0. The zero-order valence-electron chi connectivity index (χ0n) is 25.2. The molecule has 0 aliphatic rings. The number of carbonyl (C=O) groups excluding carboxylic acids is 2. The summed E-state index contributed by atoms with van der Waals surface area (Å²) in [5.41, 5.74) is 0. The lowest BCUT2D eigenvalue weighted by Gasteiger charge is -2.13. The molecule has 0 amide bonds. The van der Waals surface area contributed by atoms with Gasteiger partial charge in [-0.15, -0.1) is 0 Å². The fourth-order valence-electron chi connectivity index (χ4n) is 4.04. The van der Waals surface area contributed by atoms with Crippen molar-refractivity contribution in [1.82, 2.24) is 0 Å². The van der Waals surface area contributed by atoms with Crippen LogP contribution in [0.1, 0.15) is 51.4 Å². The molecule has 0 N–H and O–H groups in total. The number of carbonyl (C=O) groups is 2. The van der Waals surface area contributed by atoms with Crippen molar-refractivity contribution in [2.45, 2.75) is 51.4 Å². The van der Waals surface area contributed by atoms with Crippen LogP contribution in [0.15, 0.2) is 98.1 Å². The quantitative estimate of drug-likeness (QED) is 0.0642. The number of unbranched alkanes of at least 4 members (excludes halogenated alkanes) is 6. The molecule has 0 saturated heterocycles. The van der Waals surface area contributed by atoms with Gasteiger partial charge >= 0.3 is 11.9 Å². The van der Waals surface area contributed by atoms with E-state index in [0.29, 0.717) is 49.4 Å². The van der Waals surface area contributed by atoms with E-state index in [1.54, 1.807) is 0 Å². The number of rotatable bonds is 22. The van der Waals surface area contributed by atoms with Gasteiger partial charge in [0.25, 0.3) is 0 Å². The smallest absolute Gasteiger partial charge is 0.330 e. The molecule has 3 aromatic carbocycles. The molecule has 3 rings (SSSR count). The Labute approximate surface area is 260 Å². The number of hydrogen-bond donors (Lipinski definition) is 0. The summed E-state index contributed by atoms with van der Waals surface area (Å²) in [7, 11) is 0. The Kier molecular flexibility index (Phi) is 15.5. The molecule has 0 aromatic heterocycles. The van der Waals surface area contributed by atoms with Gasteiger partial charge in [-0.2, -0.15) is 0 Å². The number of para-hydroxylation sites is 2. The Morgan fingerprint density at radius 3 is 1.18 bits per heavy atom. The van der Waals surface area contributed by atoms with Crippen LogP contribution in [0.25, 0.3) is 0 Å². The van der Waals surface area contributed by atoms with Crippen molar-refractivity contribution in [1.29, 1.82) is 0 Å². The molecule has 0 radical (unpaired) electrons. The monoisotopic (exact) mass is 602 g/mol. The van der Waals surface area contributed by atoms with Crippen LogP contribution in [-0.4, -0.2) is 38.4 Å². The molecule has 0 bridgehead atoms. The molecule has 0 unspecified atom stereocenters. The van der Waals surface area contributed by atoms with Crippen LogP contribution in [-0.2, 0) is 19.1 Å². The Morgan fingerprint density at radius 1 is 0.477 bits per heavy atom. The molecule has 0 heterocycles. The summed E-state index contributed by atoms with van der Waals surface area (Å²) in [6.45, 7) is 8.83. The molecule has 8 nitrogen and oxygen atoms in total. The molecule has 0 atom stereocenters. The van der Waals surface area contributed by atoms with E-state index in [-0.39, 0.29) is 11.9 Å². The van der Waals surface area contributed by atoms with Gasteiger partial charge in [-0.1, -0.05) is 25.3 Å². The number of ether oxygens (including phenoxy) is 6. The Hall–Kier alpha value is -4.72. The first-order valence-corrected chi connectivity index (χ1v) is 15.1. The summed E-state index contributed by atoms with van der Waals surface area (Å²) in [6, 6.07) is 22.5. The van der Waals surface area contributed by atoms with Crippen molar-refractivity contribution >= 4 is 11.9 Å². The molecule has 0 aliphatic carbocycles. The van der Waals surface area contributed by atoms with Crippen molar-refractivity contribution in [3.8, 4) is 34.5 Å². The van der Waals surface area contributed by atoms with Gasteiger partial charge in [-0.3, -0.25) is 0 Å². The average molecular weight is 603 g/mol.